The fourth-order valence-electron chi connectivity index (χ4n) is 2.27. The molecule has 1 fully saturated rings. The Hall–Kier alpha value is -1.67. The molecule has 7 nitrogen and oxygen atoms in total. The standard InChI is InChI=1S/C12H13BrN2O5/c1-20-12(17)9-4-7(13)5-10(15(18)19)11(9)14-3-2-8(16)6-14/h4-5,8,16H,2-3,6H2,1H3/t8-/m0/s1. The second kappa shape index (κ2) is 5.76. The van der Waals surface area contributed by atoms with Gasteiger partial charge in [-0.2, -0.15) is 0 Å². The normalized spacial score (nSPS) is 18.1. The Bertz CT molecular complexity index is 563. The quantitative estimate of drug-likeness (QED) is 0.509. The number of aliphatic hydroxyl groups is 1. The molecule has 0 spiro atoms. The number of anilines is 1. The number of nitro groups is 1. The van der Waals surface area contributed by atoms with Crippen molar-refractivity contribution in [1.82, 2.24) is 0 Å². The van der Waals surface area contributed by atoms with Gasteiger partial charge in [0.1, 0.15) is 5.69 Å². The van der Waals surface area contributed by atoms with Gasteiger partial charge in [-0.1, -0.05) is 15.9 Å². The summed E-state index contributed by atoms with van der Waals surface area (Å²) in [4.78, 5) is 24.2. The van der Waals surface area contributed by atoms with Crippen LogP contribution in [0, 0.1) is 10.1 Å². The summed E-state index contributed by atoms with van der Waals surface area (Å²) in [6, 6.07) is 2.82. The number of rotatable bonds is 3. The number of aliphatic hydroxyl groups excluding tert-OH is 1. The Morgan fingerprint density at radius 1 is 1.60 bits per heavy atom. The largest absolute Gasteiger partial charge is 0.465 e. The maximum absolute atomic E-state index is 11.8. The number of halogens is 1. The number of carbonyl (C=O) groups is 1. The van der Waals surface area contributed by atoms with E-state index in [-0.39, 0.29) is 23.5 Å². The third-order valence-corrected chi connectivity index (χ3v) is 3.59. The second-order valence-corrected chi connectivity index (χ2v) is 5.37. The van der Waals surface area contributed by atoms with Gasteiger partial charge in [0.15, 0.2) is 0 Å². The van der Waals surface area contributed by atoms with E-state index in [0.29, 0.717) is 17.4 Å². The van der Waals surface area contributed by atoms with Crippen molar-refractivity contribution >= 4 is 33.3 Å². The molecule has 1 heterocycles. The maximum atomic E-state index is 11.8. The van der Waals surface area contributed by atoms with Crippen molar-refractivity contribution in [3.63, 3.8) is 0 Å². The summed E-state index contributed by atoms with van der Waals surface area (Å²) in [6.07, 6.45) is -0.0443. The minimum atomic E-state index is -0.647. The fraction of sp³-hybridized carbons (Fsp3) is 0.417. The number of esters is 1. The molecule has 0 aromatic heterocycles. The Labute approximate surface area is 123 Å². The summed E-state index contributed by atoms with van der Waals surface area (Å²) in [5.74, 6) is -0.647. The number of β-amino-alcohol motifs (C(OH)–C–C–N with tert-alkyl or cyclic N) is 1. The highest BCUT2D eigenvalue weighted by Crippen LogP contribution is 2.37. The number of ether oxygens (including phenoxy) is 1. The Morgan fingerprint density at radius 2 is 2.30 bits per heavy atom. The van der Waals surface area contributed by atoms with Gasteiger partial charge in [-0.3, -0.25) is 10.1 Å². The Morgan fingerprint density at radius 3 is 2.80 bits per heavy atom. The van der Waals surface area contributed by atoms with Crippen LogP contribution in [0.2, 0.25) is 0 Å². The molecular weight excluding hydrogens is 332 g/mol. The van der Waals surface area contributed by atoms with Crippen molar-refractivity contribution in [2.45, 2.75) is 12.5 Å². The number of methoxy groups -OCH3 is 1. The maximum Gasteiger partial charge on any atom is 0.340 e. The van der Waals surface area contributed by atoms with Gasteiger partial charge in [-0.05, 0) is 12.5 Å². The first-order valence-corrected chi connectivity index (χ1v) is 6.72. The van der Waals surface area contributed by atoms with Gasteiger partial charge in [0.05, 0.1) is 23.7 Å². The fourth-order valence-corrected chi connectivity index (χ4v) is 2.71. The first-order chi connectivity index (χ1) is 9.43. The van der Waals surface area contributed by atoms with Crippen molar-refractivity contribution in [3.05, 3.63) is 32.3 Å². The third-order valence-electron chi connectivity index (χ3n) is 3.14. The molecule has 0 radical (unpaired) electrons. The van der Waals surface area contributed by atoms with E-state index < -0.39 is 17.0 Å². The average molecular weight is 345 g/mol. The van der Waals surface area contributed by atoms with E-state index >= 15 is 0 Å². The molecule has 1 atom stereocenters. The van der Waals surface area contributed by atoms with Crippen LogP contribution in [0.4, 0.5) is 11.4 Å². The van der Waals surface area contributed by atoms with Crippen LogP contribution in [-0.2, 0) is 4.74 Å². The van der Waals surface area contributed by atoms with Gasteiger partial charge >= 0.3 is 5.97 Å². The Balaban J connectivity index is 2.60. The van der Waals surface area contributed by atoms with E-state index in [2.05, 4.69) is 20.7 Å². The molecule has 108 valence electrons. The number of nitrogens with zero attached hydrogens (tertiary/aromatic N) is 2. The number of benzene rings is 1. The number of hydrogen-bond donors (Lipinski definition) is 1. The third kappa shape index (κ3) is 2.75. The van der Waals surface area contributed by atoms with Gasteiger partial charge in [0.25, 0.3) is 5.69 Å². The summed E-state index contributed by atoms with van der Waals surface area (Å²) in [5.41, 5.74) is 0.123. The first kappa shape index (κ1) is 14.7. The predicted octanol–water partition coefficient (Wildman–Crippen LogP) is 1.71. The van der Waals surface area contributed by atoms with Gasteiger partial charge in [0.2, 0.25) is 0 Å². The summed E-state index contributed by atoms with van der Waals surface area (Å²) < 4.78 is 5.11. The van der Waals surface area contributed by atoms with Crippen LogP contribution in [0.1, 0.15) is 16.8 Å². The van der Waals surface area contributed by atoms with Crippen molar-refractivity contribution < 1.29 is 19.6 Å². The van der Waals surface area contributed by atoms with Crippen molar-refractivity contribution in [2.24, 2.45) is 0 Å². The van der Waals surface area contributed by atoms with Crippen LogP contribution in [0.3, 0.4) is 0 Å². The highest BCUT2D eigenvalue weighted by Gasteiger charge is 2.32. The lowest BCUT2D eigenvalue weighted by Crippen LogP contribution is -2.24. The van der Waals surface area contributed by atoms with E-state index in [1.165, 1.54) is 19.2 Å². The van der Waals surface area contributed by atoms with E-state index in [1.807, 2.05) is 0 Å². The van der Waals surface area contributed by atoms with Crippen LogP contribution < -0.4 is 4.90 Å². The van der Waals surface area contributed by atoms with Gasteiger partial charge in [-0.25, -0.2) is 4.79 Å². The van der Waals surface area contributed by atoms with Crippen LogP contribution in [0.15, 0.2) is 16.6 Å². The summed E-state index contributed by atoms with van der Waals surface area (Å²) >= 11 is 3.15. The monoisotopic (exact) mass is 344 g/mol. The van der Waals surface area contributed by atoms with Crippen LogP contribution >= 0.6 is 15.9 Å². The molecule has 1 aromatic carbocycles. The minimum absolute atomic E-state index is 0.114. The van der Waals surface area contributed by atoms with Crippen LogP contribution in [0.25, 0.3) is 0 Å². The molecule has 20 heavy (non-hydrogen) atoms. The average Bonchev–Trinajstić information content (AvgIpc) is 2.83. The minimum Gasteiger partial charge on any atom is -0.465 e. The van der Waals surface area contributed by atoms with Crippen LogP contribution in [-0.4, -0.2) is 42.3 Å². The van der Waals surface area contributed by atoms with E-state index in [4.69, 9.17) is 0 Å². The molecule has 1 aromatic rings. The number of carbonyl (C=O) groups excluding carboxylic acids is 1. The van der Waals surface area contributed by atoms with Gasteiger partial charge in [-0.15, -0.1) is 0 Å². The molecule has 0 saturated carbocycles. The lowest BCUT2D eigenvalue weighted by Gasteiger charge is -2.20. The summed E-state index contributed by atoms with van der Waals surface area (Å²) in [7, 11) is 1.22. The smallest absolute Gasteiger partial charge is 0.340 e. The molecule has 1 saturated heterocycles. The molecule has 1 aliphatic rings. The lowest BCUT2D eigenvalue weighted by atomic mass is 10.1. The molecule has 0 unspecified atom stereocenters. The number of hydrogen-bond acceptors (Lipinski definition) is 6. The molecule has 8 heteroatoms. The molecule has 2 rings (SSSR count). The van der Waals surface area contributed by atoms with E-state index in [1.54, 1.807) is 4.90 Å². The van der Waals surface area contributed by atoms with Gasteiger partial charge in [0, 0.05) is 23.6 Å². The second-order valence-electron chi connectivity index (χ2n) is 4.46. The number of nitro benzene ring substituents is 1. The summed E-state index contributed by atoms with van der Waals surface area (Å²) in [6.45, 7) is 0.708. The predicted molar refractivity (Wildman–Crippen MR) is 75.0 cm³/mol. The molecule has 1 N–H and O–H groups in total. The zero-order chi connectivity index (χ0) is 14.9. The molecular formula is C12H13BrN2O5. The zero-order valence-electron chi connectivity index (χ0n) is 10.7. The summed E-state index contributed by atoms with van der Waals surface area (Å²) in [5, 5.41) is 20.8. The molecule has 0 amide bonds. The molecule has 0 bridgehead atoms. The van der Waals surface area contributed by atoms with Crippen LogP contribution in [0.5, 0.6) is 0 Å². The lowest BCUT2D eigenvalue weighted by molar-refractivity contribution is -0.384. The van der Waals surface area contributed by atoms with E-state index in [0.717, 1.165) is 0 Å². The zero-order valence-corrected chi connectivity index (χ0v) is 12.3. The molecule has 0 aliphatic carbocycles. The highest BCUT2D eigenvalue weighted by molar-refractivity contribution is 9.10. The van der Waals surface area contributed by atoms with Crippen molar-refractivity contribution in [1.29, 1.82) is 0 Å². The molecule has 1 aliphatic heterocycles. The Kier molecular flexibility index (Phi) is 4.24. The SMILES string of the molecule is COC(=O)c1cc(Br)cc([N+](=O)[O-])c1N1CC[C@H](O)C1. The van der Waals surface area contributed by atoms with Crippen molar-refractivity contribution in [2.75, 3.05) is 25.1 Å². The van der Waals surface area contributed by atoms with Gasteiger partial charge < -0.3 is 14.7 Å². The van der Waals surface area contributed by atoms with Crippen molar-refractivity contribution in [3.8, 4) is 0 Å². The topological polar surface area (TPSA) is 92.9 Å². The highest BCUT2D eigenvalue weighted by atomic mass is 79.9. The van der Waals surface area contributed by atoms with E-state index in [9.17, 15) is 20.0 Å². The first-order valence-electron chi connectivity index (χ1n) is 5.93.